The molecule has 0 bridgehead atoms. The minimum absolute atomic E-state index is 0.0207. The summed E-state index contributed by atoms with van der Waals surface area (Å²) in [6, 6.07) is 4.44. The van der Waals surface area contributed by atoms with Gasteiger partial charge >= 0.3 is 0 Å². The van der Waals surface area contributed by atoms with E-state index in [1.807, 2.05) is 22.6 Å². The number of carbonyl (C=O) groups is 1. The van der Waals surface area contributed by atoms with Gasteiger partial charge in [-0.05, 0) is 48.6 Å². The zero-order valence-corrected chi connectivity index (χ0v) is 11.2. The van der Waals surface area contributed by atoms with Crippen LogP contribution in [0.4, 0.5) is 4.39 Å². The average molecular weight is 337 g/mol. The van der Waals surface area contributed by atoms with Crippen LogP contribution < -0.4 is 5.32 Å². The van der Waals surface area contributed by atoms with Gasteiger partial charge in [-0.25, -0.2) is 4.39 Å². The van der Waals surface area contributed by atoms with Gasteiger partial charge < -0.3 is 10.4 Å². The Labute approximate surface area is 107 Å². The predicted molar refractivity (Wildman–Crippen MR) is 67.7 cm³/mol. The van der Waals surface area contributed by atoms with E-state index in [4.69, 9.17) is 0 Å². The standard InChI is InChI=1S/C11H13FINO2/c1-11(2,16)6-14-10(15)9-7(12)4-3-5-8(9)13/h3-5,16H,6H2,1-2H3,(H,14,15). The molecule has 0 heterocycles. The second-order valence-electron chi connectivity index (χ2n) is 4.09. The van der Waals surface area contributed by atoms with Crippen molar-refractivity contribution in [3.05, 3.63) is 33.1 Å². The SMILES string of the molecule is CC(C)(O)CNC(=O)c1c(F)cccc1I. The van der Waals surface area contributed by atoms with Crippen molar-refractivity contribution >= 4 is 28.5 Å². The Balaban J connectivity index is 2.81. The number of hydrogen-bond acceptors (Lipinski definition) is 2. The van der Waals surface area contributed by atoms with Gasteiger partial charge in [0.2, 0.25) is 0 Å². The molecule has 16 heavy (non-hydrogen) atoms. The molecule has 0 saturated heterocycles. The summed E-state index contributed by atoms with van der Waals surface area (Å²) < 4.78 is 13.9. The van der Waals surface area contributed by atoms with Crippen LogP contribution in [0.5, 0.6) is 0 Å². The van der Waals surface area contributed by atoms with Crippen LogP contribution in [-0.2, 0) is 0 Å². The highest BCUT2D eigenvalue weighted by Gasteiger charge is 2.18. The Bertz CT molecular complexity index is 381. The number of carbonyl (C=O) groups excluding carboxylic acids is 1. The maximum atomic E-state index is 13.4. The minimum atomic E-state index is -1.01. The normalized spacial score (nSPS) is 11.3. The molecule has 1 amide bonds. The van der Waals surface area contributed by atoms with E-state index in [-0.39, 0.29) is 12.1 Å². The highest BCUT2D eigenvalue weighted by molar-refractivity contribution is 14.1. The van der Waals surface area contributed by atoms with Crippen LogP contribution in [-0.4, -0.2) is 23.2 Å². The van der Waals surface area contributed by atoms with E-state index in [0.717, 1.165) is 0 Å². The summed E-state index contributed by atoms with van der Waals surface area (Å²) in [4.78, 5) is 11.7. The zero-order valence-electron chi connectivity index (χ0n) is 9.05. The van der Waals surface area contributed by atoms with E-state index >= 15 is 0 Å². The molecule has 0 fully saturated rings. The lowest BCUT2D eigenvalue weighted by atomic mass is 10.1. The molecule has 0 unspecified atom stereocenters. The third kappa shape index (κ3) is 3.71. The molecule has 0 spiro atoms. The summed E-state index contributed by atoms with van der Waals surface area (Å²) in [7, 11) is 0. The van der Waals surface area contributed by atoms with Crippen molar-refractivity contribution in [1.82, 2.24) is 5.32 Å². The lowest BCUT2D eigenvalue weighted by Crippen LogP contribution is -2.38. The van der Waals surface area contributed by atoms with Crippen LogP contribution in [0.25, 0.3) is 0 Å². The number of amides is 1. The maximum absolute atomic E-state index is 13.4. The highest BCUT2D eigenvalue weighted by Crippen LogP contribution is 2.15. The molecule has 2 N–H and O–H groups in total. The molecule has 0 atom stereocenters. The Morgan fingerprint density at radius 3 is 2.69 bits per heavy atom. The van der Waals surface area contributed by atoms with Crippen LogP contribution in [0.3, 0.4) is 0 Å². The molecule has 0 saturated carbocycles. The summed E-state index contributed by atoms with van der Waals surface area (Å²) in [5.41, 5.74) is -0.987. The first-order chi connectivity index (χ1) is 7.31. The molecule has 0 aliphatic heterocycles. The van der Waals surface area contributed by atoms with Gasteiger partial charge in [-0.3, -0.25) is 4.79 Å². The number of hydrogen-bond donors (Lipinski definition) is 2. The largest absolute Gasteiger partial charge is 0.389 e. The molecule has 1 aromatic rings. The van der Waals surface area contributed by atoms with Gasteiger partial charge in [-0.1, -0.05) is 6.07 Å². The van der Waals surface area contributed by atoms with E-state index < -0.39 is 17.3 Å². The van der Waals surface area contributed by atoms with E-state index in [1.165, 1.54) is 6.07 Å². The monoisotopic (exact) mass is 337 g/mol. The van der Waals surface area contributed by atoms with Gasteiger partial charge in [-0.2, -0.15) is 0 Å². The fraction of sp³-hybridized carbons (Fsp3) is 0.364. The van der Waals surface area contributed by atoms with Gasteiger partial charge in [0.25, 0.3) is 5.91 Å². The second kappa shape index (κ2) is 5.09. The van der Waals surface area contributed by atoms with Crippen LogP contribution in [0.2, 0.25) is 0 Å². The Hall–Kier alpha value is -0.690. The number of benzene rings is 1. The molecule has 0 aliphatic rings. The molecule has 1 aromatic carbocycles. The number of halogens is 2. The fourth-order valence-electron chi connectivity index (χ4n) is 1.10. The fourth-order valence-corrected chi connectivity index (χ4v) is 1.81. The van der Waals surface area contributed by atoms with Crippen LogP contribution in [0.15, 0.2) is 18.2 Å². The van der Waals surface area contributed by atoms with Crippen LogP contribution >= 0.6 is 22.6 Å². The van der Waals surface area contributed by atoms with Gasteiger partial charge in [0.15, 0.2) is 0 Å². The van der Waals surface area contributed by atoms with E-state index in [1.54, 1.807) is 26.0 Å². The summed E-state index contributed by atoms with van der Waals surface area (Å²) in [5, 5.41) is 11.9. The second-order valence-corrected chi connectivity index (χ2v) is 5.25. The first-order valence-electron chi connectivity index (χ1n) is 4.76. The number of rotatable bonds is 3. The van der Waals surface area contributed by atoms with Crippen LogP contribution in [0, 0.1) is 9.39 Å². The zero-order chi connectivity index (χ0) is 12.3. The van der Waals surface area contributed by atoms with Crippen molar-refractivity contribution in [1.29, 1.82) is 0 Å². The van der Waals surface area contributed by atoms with E-state index in [0.29, 0.717) is 3.57 Å². The molecule has 5 heteroatoms. The summed E-state index contributed by atoms with van der Waals surface area (Å²) in [6.07, 6.45) is 0. The average Bonchev–Trinajstić information content (AvgIpc) is 2.13. The van der Waals surface area contributed by atoms with E-state index in [9.17, 15) is 14.3 Å². The Morgan fingerprint density at radius 1 is 1.56 bits per heavy atom. The third-order valence-corrected chi connectivity index (χ3v) is 2.77. The molecule has 3 nitrogen and oxygen atoms in total. The van der Waals surface area contributed by atoms with Crippen molar-refractivity contribution in [2.24, 2.45) is 0 Å². The molecule has 0 radical (unpaired) electrons. The van der Waals surface area contributed by atoms with Gasteiger partial charge in [0, 0.05) is 10.1 Å². The maximum Gasteiger partial charge on any atom is 0.255 e. The first-order valence-corrected chi connectivity index (χ1v) is 5.84. The molecule has 1 rings (SSSR count). The van der Waals surface area contributed by atoms with E-state index in [2.05, 4.69) is 5.32 Å². The molecule has 0 aromatic heterocycles. The van der Waals surface area contributed by atoms with Crippen LogP contribution in [0.1, 0.15) is 24.2 Å². The third-order valence-electron chi connectivity index (χ3n) is 1.87. The van der Waals surface area contributed by atoms with Crippen molar-refractivity contribution in [2.75, 3.05) is 6.54 Å². The number of nitrogens with one attached hydrogen (secondary N) is 1. The van der Waals surface area contributed by atoms with Gasteiger partial charge in [0.1, 0.15) is 5.82 Å². The Morgan fingerprint density at radius 2 is 2.19 bits per heavy atom. The number of aliphatic hydroxyl groups is 1. The topological polar surface area (TPSA) is 49.3 Å². The highest BCUT2D eigenvalue weighted by atomic mass is 127. The smallest absolute Gasteiger partial charge is 0.255 e. The van der Waals surface area contributed by atoms with Crippen molar-refractivity contribution < 1.29 is 14.3 Å². The van der Waals surface area contributed by atoms with Crippen molar-refractivity contribution in [2.45, 2.75) is 19.4 Å². The predicted octanol–water partition coefficient (Wildman–Crippen LogP) is 1.93. The molecular weight excluding hydrogens is 324 g/mol. The summed E-state index contributed by atoms with van der Waals surface area (Å²) in [5.74, 6) is -1.07. The summed E-state index contributed by atoms with van der Waals surface area (Å²) >= 11 is 1.90. The quantitative estimate of drug-likeness (QED) is 0.828. The lowest BCUT2D eigenvalue weighted by Gasteiger charge is -2.18. The van der Waals surface area contributed by atoms with Crippen molar-refractivity contribution in [3.8, 4) is 0 Å². The van der Waals surface area contributed by atoms with Gasteiger partial charge in [0.05, 0.1) is 11.2 Å². The van der Waals surface area contributed by atoms with Crippen molar-refractivity contribution in [3.63, 3.8) is 0 Å². The minimum Gasteiger partial charge on any atom is -0.389 e. The summed E-state index contributed by atoms with van der Waals surface area (Å²) in [6.45, 7) is 3.22. The first kappa shape index (κ1) is 13.4. The molecule has 0 aliphatic carbocycles. The van der Waals surface area contributed by atoms with Gasteiger partial charge in [-0.15, -0.1) is 0 Å². The molecule has 88 valence electrons. The Kier molecular flexibility index (Phi) is 4.26. The lowest BCUT2D eigenvalue weighted by molar-refractivity contribution is 0.0691. The molecular formula is C11H13FINO2.